The molecule has 1 rings (SSSR count). The largest absolute Gasteiger partial charge is 0.376 e. The second-order valence-corrected chi connectivity index (χ2v) is 4.53. The van der Waals surface area contributed by atoms with Crippen LogP contribution in [0.5, 0.6) is 0 Å². The van der Waals surface area contributed by atoms with Gasteiger partial charge in [-0.25, -0.2) is 0 Å². The molecule has 1 heterocycles. The molecule has 0 amide bonds. The minimum atomic E-state index is 0.290. The van der Waals surface area contributed by atoms with E-state index in [-0.39, 0.29) is 0 Å². The van der Waals surface area contributed by atoms with Crippen molar-refractivity contribution >= 4 is 0 Å². The lowest BCUT2D eigenvalue weighted by Gasteiger charge is -2.21. The maximum Gasteiger partial charge on any atom is 0.0722 e. The van der Waals surface area contributed by atoms with Gasteiger partial charge in [0.25, 0.3) is 0 Å². The molecule has 0 aliphatic rings. The van der Waals surface area contributed by atoms with Crippen molar-refractivity contribution in [2.75, 3.05) is 19.7 Å². The zero-order chi connectivity index (χ0) is 12.5. The van der Waals surface area contributed by atoms with E-state index in [4.69, 9.17) is 4.74 Å². The van der Waals surface area contributed by atoms with Crippen LogP contribution in [0.2, 0.25) is 0 Å². The standard InChI is InChI=1S/C14H24N2O/c1-4-15-11-14(12(2)3)17-10-8-13-7-5-6-9-16-13/h5-7,9,12,14-15H,4,8,10-11H2,1-3H3. The molecule has 0 bridgehead atoms. The van der Waals surface area contributed by atoms with E-state index in [0.29, 0.717) is 12.0 Å². The van der Waals surface area contributed by atoms with Crippen LogP contribution in [-0.4, -0.2) is 30.8 Å². The number of hydrogen-bond donors (Lipinski definition) is 1. The smallest absolute Gasteiger partial charge is 0.0722 e. The van der Waals surface area contributed by atoms with Crippen molar-refractivity contribution in [1.29, 1.82) is 0 Å². The second-order valence-electron chi connectivity index (χ2n) is 4.53. The summed E-state index contributed by atoms with van der Waals surface area (Å²) >= 11 is 0. The summed E-state index contributed by atoms with van der Waals surface area (Å²) in [7, 11) is 0. The molecule has 0 aromatic carbocycles. The van der Waals surface area contributed by atoms with Gasteiger partial charge in [-0.2, -0.15) is 0 Å². The summed E-state index contributed by atoms with van der Waals surface area (Å²) in [6, 6.07) is 5.99. The van der Waals surface area contributed by atoms with Gasteiger partial charge < -0.3 is 10.1 Å². The highest BCUT2D eigenvalue weighted by atomic mass is 16.5. The number of ether oxygens (including phenoxy) is 1. The molecule has 0 aliphatic heterocycles. The fourth-order valence-electron chi connectivity index (χ4n) is 1.63. The SMILES string of the molecule is CCNCC(OCCc1ccccn1)C(C)C. The van der Waals surface area contributed by atoms with E-state index < -0.39 is 0 Å². The zero-order valence-electron chi connectivity index (χ0n) is 11.1. The lowest BCUT2D eigenvalue weighted by Crippen LogP contribution is -2.33. The minimum absolute atomic E-state index is 0.290. The Hall–Kier alpha value is -0.930. The number of nitrogens with one attached hydrogen (secondary N) is 1. The van der Waals surface area contributed by atoms with Gasteiger partial charge in [0, 0.05) is 24.9 Å². The first-order chi connectivity index (χ1) is 8.24. The molecule has 17 heavy (non-hydrogen) atoms. The number of aromatic nitrogens is 1. The van der Waals surface area contributed by atoms with Gasteiger partial charge >= 0.3 is 0 Å². The van der Waals surface area contributed by atoms with Gasteiger partial charge in [-0.3, -0.25) is 4.98 Å². The molecule has 0 radical (unpaired) electrons. The molecule has 0 saturated heterocycles. The molecular formula is C14H24N2O. The third kappa shape index (κ3) is 5.80. The highest BCUT2D eigenvalue weighted by Gasteiger charge is 2.12. The third-order valence-corrected chi connectivity index (χ3v) is 2.76. The molecule has 1 unspecified atom stereocenters. The molecular weight excluding hydrogens is 212 g/mol. The summed E-state index contributed by atoms with van der Waals surface area (Å²) in [6.45, 7) is 9.17. The Morgan fingerprint density at radius 2 is 2.18 bits per heavy atom. The van der Waals surface area contributed by atoms with Crippen molar-refractivity contribution in [3.05, 3.63) is 30.1 Å². The summed E-state index contributed by atoms with van der Waals surface area (Å²) in [6.07, 6.45) is 3.00. The maximum absolute atomic E-state index is 5.91. The first kappa shape index (κ1) is 14.1. The quantitative estimate of drug-likeness (QED) is 0.752. The Morgan fingerprint density at radius 1 is 1.35 bits per heavy atom. The molecule has 1 atom stereocenters. The molecule has 1 aromatic heterocycles. The highest BCUT2D eigenvalue weighted by Crippen LogP contribution is 2.06. The van der Waals surface area contributed by atoms with E-state index in [9.17, 15) is 0 Å². The normalized spacial score (nSPS) is 12.9. The molecule has 0 aliphatic carbocycles. The second kappa shape index (κ2) is 8.20. The Balaban J connectivity index is 2.27. The molecule has 0 saturated carbocycles. The summed E-state index contributed by atoms with van der Waals surface area (Å²) < 4.78 is 5.91. The van der Waals surface area contributed by atoms with Crippen molar-refractivity contribution in [2.45, 2.75) is 33.3 Å². The number of hydrogen-bond acceptors (Lipinski definition) is 3. The van der Waals surface area contributed by atoms with Gasteiger partial charge in [0.15, 0.2) is 0 Å². The van der Waals surface area contributed by atoms with Crippen molar-refractivity contribution in [2.24, 2.45) is 5.92 Å². The third-order valence-electron chi connectivity index (χ3n) is 2.76. The van der Waals surface area contributed by atoms with E-state index in [1.54, 1.807) is 0 Å². The van der Waals surface area contributed by atoms with Crippen LogP contribution in [0, 0.1) is 5.92 Å². The van der Waals surface area contributed by atoms with Gasteiger partial charge in [0.1, 0.15) is 0 Å². The van der Waals surface area contributed by atoms with Crippen LogP contribution in [0.3, 0.4) is 0 Å². The van der Waals surface area contributed by atoms with Crippen LogP contribution in [0.1, 0.15) is 26.5 Å². The molecule has 3 nitrogen and oxygen atoms in total. The topological polar surface area (TPSA) is 34.1 Å². The van der Waals surface area contributed by atoms with Crippen LogP contribution in [-0.2, 0) is 11.2 Å². The van der Waals surface area contributed by atoms with E-state index in [2.05, 4.69) is 31.1 Å². The van der Waals surface area contributed by atoms with Gasteiger partial charge in [0.05, 0.1) is 12.7 Å². The lowest BCUT2D eigenvalue weighted by atomic mass is 10.1. The molecule has 3 heteroatoms. The van der Waals surface area contributed by atoms with Crippen LogP contribution >= 0.6 is 0 Å². The summed E-state index contributed by atoms with van der Waals surface area (Å²) in [4.78, 5) is 4.29. The highest BCUT2D eigenvalue weighted by molar-refractivity contribution is 5.03. The molecule has 1 N–H and O–H groups in total. The summed E-state index contributed by atoms with van der Waals surface area (Å²) in [5.41, 5.74) is 1.10. The van der Waals surface area contributed by atoms with E-state index >= 15 is 0 Å². The predicted molar refractivity (Wildman–Crippen MR) is 71.1 cm³/mol. The first-order valence-corrected chi connectivity index (χ1v) is 6.46. The number of nitrogens with zero attached hydrogens (tertiary/aromatic N) is 1. The number of likely N-dealkylation sites (N-methyl/N-ethyl adjacent to an activating group) is 1. The summed E-state index contributed by atoms with van der Waals surface area (Å²) in [5, 5.41) is 3.34. The van der Waals surface area contributed by atoms with Crippen molar-refractivity contribution in [3.8, 4) is 0 Å². The van der Waals surface area contributed by atoms with Gasteiger partial charge in [-0.15, -0.1) is 0 Å². The van der Waals surface area contributed by atoms with E-state index in [1.807, 2.05) is 24.4 Å². The van der Waals surface area contributed by atoms with Crippen LogP contribution < -0.4 is 5.32 Å². The maximum atomic E-state index is 5.91. The summed E-state index contributed by atoms with van der Waals surface area (Å²) in [5.74, 6) is 0.540. The Kier molecular flexibility index (Phi) is 6.82. The average molecular weight is 236 g/mol. The fraction of sp³-hybridized carbons (Fsp3) is 0.643. The van der Waals surface area contributed by atoms with Crippen LogP contribution in [0.15, 0.2) is 24.4 Å². The van der Waals surface area contributed by atoms with Crippen LogP contribution in [0.25, 0.3) is 0 Å². The van der Waals surface area contributed by atoms with Crippen LogP contribution in [0.4, 0.5) is 0 Å². The predicted octanol–water partition coefficient (Wildman–Crippen LogP) is 2.27. The Bertz CT molecular complexity index is 288. The average Bonchev–Trinajstić information content (AvgIpc) is 2.34. The molecule has 1 aromatic rings. The fourth-order valence-corrected chi connectivity index (χ4v) is 1.63. The zero-order valence-corrected chi connectivity index (χ0v) is 11.1. The lowest BCUT2D eigenvalue weighted by molar-refractivity contribution is 0.0248. The molecule has 0 spiro atoms. The first-order valence-electron chi connectivity index (χ1n) is 6.46. The van der Waals surface area contributed by atoms with Gasteiger partial charge in [-0.05, 0) is 24.6 Å². The monoisotopic (exact) mass is 236 g/mol. The molecule has 96 valence electrons. The van der Waals surface area contributed by atoms with E-state index in [0.717, 1.165) is 31.8 Å². The van der Waals surface area contributed by atoms with Gasteiger partial charge in [0.2, 0.25) is 0 Å². The van der Waals surface area contributed by atoms with Crippen molar-refractivity contribution in [3.63, 3.8) is 0 Å². The number of rotatable bonds is 8. The minimum Gasteiger partial charge on any atom is -0.376 e. The van der Waals surface area contributed by atoms with Crippen molar-refractivity contribution < 1.29 is 4.74 Å². The van der Waals surface area contributed by atoms with Gasteiger partial charge in [-0.1, -0.05) is 26.8 Å². The Labute approximate surface area is 105 Å². The molecule has 0 fully saturated rings. The van der Waals surface area contributed by atoms with E-state index in [1.165, 1.54) is 0 Å². The number of pyridine rings is 1. The Morgan fingerprint density at radius 3 is 2.76 bits per heavy atom. The van der Waals surface area contributed by atoms with Crippen molar-refractivity contribution in [1.82, 2.24) is 10.3 Å².